The third-order valence-corrected chi connectivity index (χ3v) is 6.34. The highest BCUT2D eigenvalue weighted by Crippen LogP contribution is 2.21. The molecule has 1 amide bonds. The smallest absolute Gasteiger partial charge is 0.240 e. The molecule has 28 heavy (non-hydrogen) atoms. The monoisotopic (exact) mass is 418 g/mol. The highest BCUT2D eigenvalue weighted by molar-refractivity contribution is 7.89. The molecule has 0 spiro atoms. The molecule has 0 aliphatic heterocycles. The standard InChI is InChI=1S/C19H18N2O5S2/c1-2-18(22)21-13-5-8-15(9-6-13)28(24,25)20-12-14-7-10-17(27-14)19(23)16-4-3-11-26-16/h3-11,20H,2,12H2,1H3,(H,21,22). The van der Waals surface area contributed by atoms with Gasteiger partial charge in [0.05, 0.1) is 16.0 Å². The van der Waals surface area contributed by atoms with E-state index in [0.29, 0.717) is 21.9 Å². The second-order valence-electron chi connectivity index (χ2n) is 5.82. The van der Waals surface area contributed by atoms with Crippen molar-refractivity contribution in [2.45, 2.75) is 24.8 Å². The maximum atomic E-state index is 12.4. The quantitative estimate of drug-likeness (QED) is 0.546. The number of ketones is 1. The van der Waals surface area contributed by atoms with Gasteiger partial charge in [-0.05, 0) is 48.5 Å². The Balaban J connectivity index is 1.64. The zero-order chi connectivity index (χ0) is 20.1. The molecule has 3 rings (SSSR count). The summed E-state index contributed by atoms with van der Waals surface area (Å²) in [4.78, 5) is 24.9. The van der Waals surface area contributed by atoms with Crippen molar-refractivity contribution in [3.8, 4) is 0 Å². The fourth-order valence-corrected chi connectivity index (χ4v) is 4.33. The first-order chi connectivity index (χ1) is 13.4. The molecule has 0 bridgehead atoms. The van der Waals surface area contributed by atoms with Crippen molar-refractivity contribution in [2.24, 2.45) is 0 Å². The summed E-state index contributed by atoms with van der Waals surface area (Å²) in [5.74, 6) is -0.149. The number of hydrogen-bond acceptors (Lipinski definition) is 6. The molecular formula is C19H18N2O5S2. The highest BCUT2D eigenvalue weighted by Gasteiger charge is 2.17. The summed E-state index contributed by atoms with van der Waals surface area (Å²) in [6.45, 7) is 1.79. The van der Waals surface area contributed by atoms with Crippen LogP contribution in [0.5, 0.6) is 0 Å². The number of carbonyl (C=O) groups excluding carboxylic acids is 2. The zero-order valence-corrected chi connectivity index (χ0v) is 16.6. The molecule has 0 aliphatic rings. The van der Waals surface area contributed by atoms with Crippen LogP contribution in [0.4, 0.5) is 5.69 Å². The Morgan fingerprint density at radius 2 is 1.82 bits per heavy atom. The Hall–Kier alpha value is -2.75. The Bertz CT molecular complexity index is 1070. The van der Waals surface area contributed by atoms with Gasteiger partial charge in [-0.2, -0.15) is 0 Å². The van der Waals surface area contributed by atoms with Crippen molar-refractivity contribution < 1.29 is 22.4 Å². The van der Waals surface area contributed by atoms with Crippen LogP contribution >= 0.6 is 11.3 Å². The maximum absolute atomic E-state index is 12.4. The summed E-state index contributed by atoms with van der Waals surface area (Å²) in [5, 5.41) is 2.66. The normalized spacial score (nSPS) is 11.3. The van der Waals surface area contributed by atoms with Crippen molar-refractivity contribution in [3.05, 3.63) is 70.3 Å². The summed E-state index contributed by atoms with van der Waals surface area (Å²) >= 11 is 1.20. The van der Waals surface area contributed by atoms with E-state index in [4.69, 9.17) is 4.42 Å². The number of rotatable bonds is 8. The second kappa shape index (κ2) is 8.51. The van der Waals surface area contributed by atoms with Crippen LogP contribution in [0.1, 0.15) is 33.7 Å². The summed E-state index contributed by atoms with van der Waals surface area (Å²) in [6.07, 6.45) is 1.77. The number of furan rings is 1. The van der Waals surface area contributed by atoms with Gasteiger partial charge in [-0.1, -0.05) is 6.92 Å². The lowest BCUT2D eigenvalue weighted by Gasteiger charge is -2.07. The fraction of sp³-hybridized carbons (Fsp3) is 0.158. The summed E-state index contributed by atoms with van der Waals surface area (Å²) < 4.78 is 32.5. The van der Waals surface area contributed by atoms with Gasteiger partial charge in [0, 0.05) is 23.5 Å². The topological polar surface area (TPSA) is 105 Å². The zero-order valence-electron chi connectivity index (χ0n) is 15.0. The molecule has 0 saturated heterocycles. The van der Waals surface area contributed by atoms with Crippen LogP contribution < -0.4 is 10.0 Å². The van der Waals surface area contributed by atoms with Crippen molar-refractivity contribution >= 4 is 38.7 Å². The minimum Gasteiger partial charge on any atom is -0.461 e. The van der Waals surface area contributed by atoms with Crippen molar-refractivity contribution in [1.82, 2.24) is 4.72 Å². The SMILES string of the molecule is CCC(=O)Nc1ccc(S(=O)(=O)NCc2ccc(C(=O)c3ccco3)s2)cc1. The number of benzene rings is 1. The number of thiophene rings is 1. The number of hydrogen-bond donors (Lipinski definition) is 2. The highest BCUT2D eigenvalue weighted by atomic mass is 32.2. The van der Waals surface area contributed by atoms with Gasteiger partial charge >= 0.3 is 0 Å². The number of amides is 1. The van der Waals surface area contributed by atoms with E-state index in [9.17, 15) is 18.0 Å². The van der Waals surface area contributed by atoms with E-state index in [1.165, 1.54) is 41.9 Å². The minimum atomic E-state index is -3.72. The van der Waals surface area contributed by atoms with Crippen LogP contribution in [0.3, 0.4) is 0 Å². The molecule has 0 fully saturated rings. The van der Waals surface area contributed by atoms with Gasteiger partial charge in [0.2, 0.25) is 21.7 Å². The van der Waals surface area contributed by atoms with E-state index in [2.05, 4.69) is 10.0 Å². The van der Waals surface area contributed by atoms with Crippen LogP contribution in [-0.4, -0.2) is 20.1 Å². The summed E-state index contributed by atoms with van der Waals surface area (Å²) in [6, 6.07) is 12.5. The molecule has 7 nitrogen and oxygen atoms in total. The number of nitrogens with one attached hydrogen (secondary N) is 2. The average Bonchev–Trinajstić information content (AvgIpc) is 3.38. The molecule has 0 radical (unpaired) electrons. The number of sulfonamides is 1. The molecule has 1 aromatic carbocycles. The van der Waals surface area contributed by atoms with Gasteiger partial charge in [0.25, 0.3) is 0 Å². The fourth-order valence-electron chi connectivity index (χ4n) is 2.34. The Morgan fingerprint density at radius 1 is 1.07 bits per heavy atom. The van der Waals surface area contributed by atoms with Crippen LogP contribution in [0.15, 0.2) is 64.1 Å². The van der Waals surface area contributed by atoms with Crippen molar-refractivity contribution in [2.75, 3.05) is 5.32 Å². The minimum absolute atomic E-state index is 0.0623. The van der Waals surface area contributed by atoms with Gasteiger partial charge in [-0.15, -0.1) is 11.3 Å². The van der Waals surface area contributed by atoms with Crippen LogP contribution in [0, 0.1) is 0 Å². The number of anilines is 1. The van der Waals surface area contributed by atoms with Crippen LogP contribution in [-0.2, 0) is 21.4 Å². The lowest BCUT2D eigenvalue weighted by Crippen LogP contribution is -2.22. The number of carbonyl (C=O) groups is 2. The first-order valence-corrected chi connectivity index (χ1v) is 10.8. The average molecular weight is 418 g/mol. The Labute approximate surface area is 166 Å². The van der Waals surface area contributed by atoms with Crippen molar-refractivity contribution in [3.63, 3.8) is 0 Å². The third-order valence-electron chi connectivity index (χ3n) is 3.84. The van der Waals surface area contributed by atoms with E-state index >= 15 is 0 Å². The molecular weight excluding hydrogens is 400 g/mol. The molecule has 0 unspecified atom stereocenters. The van der Waals surface area contributed by atoms with Crippen LogP contribution in [0.25, 0.3) is 0 Å². The lowest BCUT2D eigenvalue weighted by atomic mass is 10.2. The van der Waals surface area contributed by atoms with Crippen molar-refractivity contribution in [1.29, 1.82) is 0 Å². The summed E-state index contributed by atoms with van der Waals surface area (Å²) in [7, 11) is -3.72. The molecule has 0 aliphatic carbocycles. The lowest BCUT2D eigenvalue weighted by molar-refractivity contribution is -0.115. The second-order valence-corrected chi connectivity index (χ2v) is 8.76. The van der Waals surface area contributed by atoms with E-state index in [1.807, 2.05) is 0 Å². The van der Waals surface area contributed by atoms with Gasteiger partial charge in [-0.3, -0.25) is 9.59 Å². The Morgan fingerprint density at radius 3 is 2.46 bits per heavy atom. The Kier molecular flexibility index (Phi) is 6.08. The van der Waals surface area contributed by atoms with E-state index in [1.54, 1.807) is 31.2 Å². The van der Waals surface area contributed by atoms with Gasteiger partial charge < -0.3 is 9.73 Å². The molecule has 2 aromatic heterocycles. The van der Waals surface area contributed by atoms with Gasteiger partial charge in [0.1, 0.15) is 0 Å². The molecule has 3 aromatic rings. The van der Waals surface area contributed by atoms with E-state index in [0.717, 1.165) is 0 Å². The van der Waals surface area contributed by atoms with Gasteiger partial charge in [0.15, 0.2) is 5.76 Å². The largest absolute Gasteiger partial charge is 0.461 e. The van der Waals surface area contributed by atoms with Crippen LogP contribution in [0.2, 0.25) is 0 Å². The maximum Gasteiger partial charge on any atom is 0.240 e. The molecule has 146 valence electrons. The molecule has 0 atom stereocenters. The molecule has 2 heterocycles. The molecule has 9 heteroatoms. The first-order valence-electron chi connectivity index (χ1n) is 8.45. The van der Waals surface area contributed by atoms with E-state index in [-0.39, 0.29) is 28.9 Å². The molecule has 0 saturated carbocycles. The first kappa shape index (κ1) is 20.0. The third kappa shape index (κ3) is 4.75. The predicted octanol–water partition coefficient (Wildman–Crippen LogP) is 3.40. The predicted molar refractivity (Wildman–Crippen MR) is 106 cm³/mol. The molecule has 2 N–H and O–H groups in total. The summed E-state index contributed by atoms with van der Waals surface area (Å²) in [5.41, 5.74) is 0.533. The van der Waals surface area contributed by atoms with Gasteiger partial charge in [-0.25, -0.2) is 13.1 Å². The van der Waals surface area contributed by atoms with E-state index < -0.39 is 10.0 Å².